The predicted molar refractivity (Wildman–Crippen MR) is 200 cm³/mol. The van der Waals surface area contributed by atoms with E-state index in [0.717, 1.165) is 68.3 Å². The molecule has 3 amide bonds. The number of aryl methyl sites for hydroxylation is 1. The number of hydrogen-bond donors (Lipinski definition) is 2. The lowest BCUT2D eigenvalue weighted by Gasteiger charge is -2.36. The predicted octanol–water partition coefficient (Wildman–Crippen LogP) is 6.23. The Morgan fingerprint density at radius 3 is 2.33 bits per heavy atom. The molecule has 0 aromatic heterocycles. The first kappa shape index (κ1) is 33.7. The lowest BCUT2D eigenvalue weighted by atomic mass is 9.69. The number of piperazine rings is 1. The summed E-state index contributed by atoms with van der Waals surface area (Å²) in [6.45, 7) is 8.76. The minimum Gasteiger partial charge on any atom is -0.508 e. The number of fused-ring (bicyclic) bond motifs is 2. The highest BCUT2D eigenvalue weighted by molar-refractivity contribution is 6.23. The first-order valence-electron chi connectivity index (χ1n) is 18.4. The standard InChI is InChI=1S/C43H44N4O5/c1-28-8-19-39(41(49)44-28)47-42(50)37-17-12-32(27-38(37)43(47)51)46-23-21-45(22-24-46)20-5-25-52-34-14-9-30(10-15-34)40-35(29-6-3-2-4-7-29)16-11-31-26-33(48)13-18-36(31)40/h2-4,6-7,9-10,12-15,17-18,26-27,35,39-40,48H,1,5,8,11,16,19-25H2,(H,44,49)/t35-,39?,40+/m1/s1. The summed E-state index contributed by atoms with van der Waals surface area (Å²) >= 11 is 0. The van der Waals surface area contributed by atoms with Crippen LogP contribution >= 0.6 is 0 Å². The SMILES string of the molecule is C=C1CCC(N2C(=O)c3ccc(N4CCN(CCCOc5ccc([C@@H]6c7ccc(O)cc7CC[C@@H]6c6ccccc6)cc5)CC4)cc3C2=O)C(=O)N1. The average Bonchev–Trinajstić information content (AvgIpc) is 3.41. The number of carbonyl (C=O) groups excluding carboxylic acids is 3. The summed E-state index contributed by atoms with van der Waals surface area (Å²) < 4.78 is 6.19. The van der Waals surface area contributed by atoms with E-state index in [2.05, 4.69) is 82.4 Å². The van der Waals surface area contributed by atoms with Gasteiger partial charge in [0, 0.05) is 50.0 Å². The maximum Gasteiger partial charge on any atom is 0.262 e. The van der Waals surface area contributed by atoms with Crippen LogP contribution in [0.1, 0.15) is 80.5 Å². The van der Waals surface area contributed by atoms with E-state index in [0.29, 0.717) is 47.9 Å². The third-order valence-corrected chi connectivity index (χ3v) is 11.2. The van der Waals surface area contributed by atoms with Gasteiger partial charge in [-0.1, -0.05) is 55.1 Å². The highest BCUT2D eigenvalue weighted by atomic mass is 16.5. The molecule has 9 heteroatoms. The van der Waals surface area contributed by atoms with Crippen molar-refractivity contribution >= 4 is 23.4 Å². The van der Waals surface area contributed by atoms with Gasteiger partial charge in [0.05, 0.1) is 17.7 Å². The molecule has 0 bridgehead atoms. The van der Waals surface area contributed by atoms with Crippen LogP contribution in [0.3, 0.4) is 0 Å². The summed E-state index contributed by atoms with van der Waals surface area (Å²) in [7, 11) is 0. The molecule has 4 aromatic rings. The molecule has 1 unspecified atom stereocenters. The minimum atomic E-state index is -0.808. The van der Waals surface area contributed by atoms with Crippen LogP contribution in [0.5, 0.6) is 11.5 Å². The van der Waals surface area contributed by atoms with Gasteiger partial charge in [-0.2, -0.15) is 0 Å². The van der Waals surface area contributed by atoms with Crippen molar-refractivity contribution in [3.63, 3.8) is 0 Å². The molecule has 2 N–H and O–H groups in total. The number of allylic oxidation sites excluding steroid dienone is 1. The van der Waals surface area contributed by atoms with E-state index in [-0.39, 0.29) is 11.8 Å². The lowest BCUT2D eigenvalue weighted by Crippen LogP contribution is -2.51. The van der Waals surface area contributed by atoms with Crippen molar-refractivity contribution in [1.82, 2.24) is 15.1 Å². The van der Waals surface area contributed by atoms with Gasteiger partial charge < -0.3 is 20.1 Å². The molecule has 2 fully saturated rings. The van der Waals surface area contributed by atoms with Gasteiger partial charge in [0.1, 0.15) is 17.5 Å². The van der Waals surface area contributed by atoms with Crippen molar-refractivity contribution in [3.05, 3.63) is 137 Å². The van der Waals surface area contributed by atoms with Crippen LogP contribution in [0.2, 0.25) is 0 Å². The van der Waals surface area contributed by atoms with Crippen molar-refractivity contribution in [2.75, 3.05) is 44.2 Å². The molecule has 3 heterocycles. The van der Waals surface area contributed by atoms with Gasteiger partial charge in [-0.05, 0) is 103 Å². The number of ether oxygens (including phenoxy) is 1. The zero-order chi connectivity index (χ0) is 35.8. The number of hydrogen-bond acceptors (Lipinski definition) is 7. The number of rotatable bonds is 9. The lowest BCUT2D eigenvalue weighted by molar-refractivity contribution is -0.125. The van der Waals surface area contributed by atoms with E-state index in [4.69, 9.17) is 4.74 Å². The van der Waals surface area contributed by atoms with Crippen molar-refractivity contribution in [3.8, 4) is 11.5 Å². The molecule has 8 rings (SSSR count). The Morgan fingerprint density at radius 1 is 0.788 bits per heavy atom. The normalized spacial score (nSPS) is 21.9. The zero-order valence-electron chi connectivity index (χ0n) is 29.3. The Bertz CT molecular complexity index is 2000. The summed E-state index contributed by atoms with van der Waals surface area (Å²) in [5.41, 5.74) is 7.36. The molecule has 0 spiro atoms. The van der Waals surface area contributed by atoms with Gasteiger partial charge in [0.25, 0.3) is 11.8 Å². The summed E-state index contributed by atoms with van der Waals surface area (Å²) in [5.74, 6) is 0.596. The fourth-order valence-corrected chi connectivity index (χ4v) is 8.49. The number of aromatic hydroxyl groups is 1. The highest BCUT2D eigenvalue weighted by Crippen LogP contribution is 2.47. The second-order valence-electron chi connectivity index (χ2n) is 14.4. The van der Waals surface area contributed by atoms with E-state index in [9.17, 15) is 19.5 Å². The molecule has 3 atom stereocenters. The first-order chi connectivity index (χ1) is 25.3. The van der Waals surface area contributed by atoms with E-state index in [1.165, 1.54) is 22.3 Å². The summed E-state index contributed by atoms with van der Waals surface area (Å²) in [4.78, 5) is 44.8. The van der Waals surface area contributed by atoms with Gasteiger partial charge in [0.2, 0.25) is 5.91 Å². The number of piperidine rings is 1. The van der Waals surface area contributed by atoms with Crippen LogP contribution in [0.25, 0.3) is 0 Å². The molecule has 266 valence electrons. The largest absolute Gasteiger partial charge is 0.508 e. The van der Waals surface area contributed by atoms with Crippen LogP contribution in [-0.4, -0.2) is 78.0 Å². The molecule has 3 aliphatic heterocycles. The number of anilines is 1. The zero-order valence-corrected chi connectivity index (χ0v) is 29.3. The van der Waals surface area contributed by atoms with Crippen LogP contribution in [0, 0.1) is 0 Å². The molecule has 2 saturated heterocycles. The fourth-order valence-electron chi connectivity index (χ4n) is 8.49. The topological polar surface area (TPSA) is 102 Å². The number of benzene rings is 4. The van der Waals surface area contributed by atoms with Gasteiger partial charge in [-0.25, -0.2) is 0 Å². The maximum absolute atomic E-state index is 13.3. The maximum atomic E-state index is 13.3. The third-order valence-electron chi connectivity index (χ3n) is 11.2. The van der Waals surface area contributed by atoms with E-state index < -0.39 is 17.9 Å². The summed E-state index contributed by atoms with van der Waals surface area (Å²) in [5, 5.41) is 12.8. The average molecular weight is 697 g/mol. The molecular weight excluding hydrogens is 652 g/mol. The third kappa shape index (κ3) is 6.57. The van der Waals surface area contributed by atoms with Gasteiger partial charge in [-0.15, -0.1) is 0 Å². The Labute approximate surface area is 304 Å². The minimum absolute atomic E-state index is 0.208. The van der Waals surface area contributed by atoms with Crippen molar-refractivity contribution in [2.45, 2.75) is 50.0 Å². The summed E-state index contributed by atoms with van der Waals surface area (Å²) in [6, 6.07) is 29.8. The Morgan fingerprint density at radius 2 is 1.56 bits per heavy atom. The molecule has 4 aromatic carbocycles. The molecule has 52 heavy (non-hydrogen) atoms. The monoisotopic (exact) mass is 696 g/mol. The fraction of sp³-hybridized carbons (Fsp3) is 0.326. The van der Waals surface area contributed by atoms with E-state index >= 15 is 0 Å². The first-order valence-corrected chi connectivity index (χ1v) is 18.4. The van der Waals surface area contributed by atoms with Crippen molar-refractivity contribution in [1.29, 1.82) is 0 Å². The van der Waals surface area contributed by atoms with Crippen LogP contribution in [0.15, 0.2) is 103 Å². The number of imide groups is 1. The smallest absolute Gasteiger partial charge is 0.262 e. The number of nitrogens with one attached hydrogen (secondary N) is 1. The van der Waals surface area contributed by atoms with Crippen LogP contribution in [-0.2, 0) is 11.2 Å². The van der Waals surface area contributed by atoms with Gasteiger partial charge in [-0.3, -0.25) is 24.2 Å². The second-order valence-corrected chi connectivity index (χ2v) is 14.4. The quantitative estimate of drug-likeness (QED) is 0.158. The Kier molecular flexibility index (Phi) is 9.28. The van der Waals surface area contributed by atoms with Crippen molar-refractivity contribution < 1.29 is 24.2 Å². The van der Waals surface area contributed by atoms with Crippen LogP contribution < -0.4 is 15.0 Å². The second kappa shape index (κ2) is 14.3. The molecule has 1 aliphatic carbocycles. The van der Waals surface area contributed by atoms with E-state index in [1.807, 2.05) is 18.2 Å². The number of amides is 3. The van der Waals surface area contributed by atoms with Crippen molar-refractivity contribution in [2.24, 2.45) is 0 Å². The number of phenols is 1. The Hall–Kier alpha value is -5.41. The van der Waals surface area contributed by atoms with E-state index in [1.54, 1.807) is 12.1 Å². The molecule has 4 aliphatic rings. The van der Waals surface area contributed by atoms with Gasteiger partial charge in [0.15, 0.2) is 0 Å². The molecular formula is C43H44N4O5. The molecule has 0 saturated carbocycles. The number of phenolic OH excluding ortho intramolecular Hbond substituents is 1. The highest BCUT2D eigenvalue weighted by Gasteiger charge is 2.44. The molecule has 0 radical (unpaired) electrons. The molecule has 9 nitrogen and oxygen atoms in total. The van der Waals surface area contributed by atoms with Crippen LogP contribution in [0.4, 0.5) is 5.69 Å². The number of nitrogens with zero attached hydrogens (tertiary/aromatic N) is 3. The summed E-state index contributed by atoms with van der Waals surface area (Å²) in [6.07, 6.45) is 3.82. The number of carbonyl (C=O) groups is 3. The Balaban J connectivity index is 0.833. The van der Waals surface area contributed by atoms with Gasteiger partial charge >= 0.3 is 0 Å².